The lowest BCUT2D eigenvalue weighted by Gasteiger charge is -2.07. The van der Waals surface area contributed by atoms with Gasteiger partial charge < -0.3 is 20.4 Å². The molecule has 3 aromatic rings. The Bertz CT molecular complexity index is 1300. The largest absolute Gasteiger partial charge is 0.458 e. The number of rotatable bonds is 6. The highest BCUT2D eigenvalue weighted by molar-refractivity contribution is 6.41. The van der Waals surface area contributed by atoms with Gasteiger partial charge >= 0.3 is 23.6 Å². The van der Waals surface area contributed by atoms with Gasteiger partial charge in [0.05, 0.1) is 23.5 Å². The van der Waals surface area contributed by atoms with Crippen LogP contribution in [0.15, 0.2) is 64.1 Å². The molecule has 0 aliphatic heterocycles. The fourth-order valence-electron chi connectivity index (χ4n) is 2.76. The van der Waals surface area contributed by atoms with Crippen molar-refractivity contribution in [2.75, 3.05) is 10.6 Å². The minimum Gasteiger partial charge on any atom is -0.458 e. The Morgan fingerprint density at radius 3 is 2.37 bits per heavy atom. The van der Waals surface area contributed by atoms with Crippen molar-refractivity contribution in [3.63, 3.8) is 0 Å². The number of nitrogens with zero attached hydrogens (tertiary/aromatic N) is 1. The summed E-state index contributed by atoms with van der Waals surface area (Å²) >= 11 is 5.93. The number of benzene rings is 2. The lowest BCUT2D eigenvalue weighted by atomic mass is 10.1. The van der Waals surface area contributed by atoms with Crippen LogP contribution in [0.1, 0.15) is 22.6 Å². The predicted molar refractivity (Wildman–Crippen MR) is 131 cm³/mol. The predicted octanol–water partition coefficient (Wildman–Crippen LogP) is 2.89. The average Bonchev–Trinajstić information content (AvgIpc) is 3.28. The van der Waals surface area contributed by atoms with Crippen LogP contribution in [-0.4, -0.2) is 29.8 Å². The minimum atomic E-state index is -1.00. The Morgan fingerprint density at radius 2 is 1.63 bits per heavy atom. The summed E-state index contributed by atoms with van der Waals surface area (Å²) in [4.78, 5) is 47.9. The van der Waals surface area contributed by atoms with E-state index in [2.05, 4.69) is 26.5 Å². The Balaban J connectivity index is 1.44. The quantitative estimate of drug-likeness (QED) is 0.236. The van der Waals surface area contributed by atoms with Gasteiger partial charge in [0, 0.05) is 5.69 Å². The summed E-state index contributed by atoms with van der Waals surface area (Å²) in [5.41, 5.74) is 4.94. The topological polar surface area (TPSA) is 142 Å². The molecular formula is C24H22ClN5O5. The molecule has 0 saturated carbocycles. The number of carbonyl (C=O) groups is 4. The van der Waals surface area contributed by atoms with Gasteiger partial charge in [0.1, 0.15) is 11.5 Å². The Morgan fingerprint density at radius 1 is 0.886 bits per heavy atom. The zero-order chi connectivity index (χ0) is 25.4. The Kier molecular flexibility index (Phi) is 8.36. The third-order valence-corrected chi connectivity index (χ3v) is 5.09. The number of hydrazone groups is 1. The molecule has 0 radical (unpaired) electrons. The second-order valence-electron chi connectivity index (χ2n) is 7.37. The lowest BCUT2D eigenvalue weighted by Crippen LogP contribution is -2.34. The average molecular weight is 496 g/mol. The van der Waals surface area contributed by atoms with Gasteiger partial charge in [-0.3, -0.25) is 19.2 Å². The molecule has 0 spiro atoms. The molecule has 0 unspecified atom stereocenters. The third-order valence-electron chi connectivity index (χ3n) is 4.76. The highest BCUT2D eigenvalue weighted by atomic mass is 35.5. The van der Waals surface area contributed by atoms with Gasteiger partial charge in [0.15, 0.2) is 0 Å². The second-order valence-corrected chi connectivity index (χ2v) is 7.78. The molecule has 4 N–H and O–H groups in total. The normalized spacial score (nSPS) is 10.6. The van der Waals surface area contributed by atoms with Crippen LogP contribution >= 0.6 is 11.6 Å². The standard InChI is InChI=1S/C24H22ClN5O5/c1-14-7-8-16(11-15(14)2)28-22(32)21(31)26-12-17-9-10-18(35-17)13-27-30-24(34)23(33)29-20-6-4-3-5-19(20)25/h3-11,13H,12H2,1-2H3,(H,26,31)(H,28,32)(H,29,33)(H,30,34)/b27-13+. The molecular weight excluding hydrogens is 474 g/mol. The summed E-state index contributed by atoms with van der Waals surface area (Å²) in [6.45, 7) is 3.81. The van der Waals surface area contributed by atoms with Crippen molar-refractivity contribution in [3.05, 3.63) is 82.3 Å². The van der Waals surface area contributed by atoms with Crippen molar-refractivity contribution in [1.29, 1.82) is 0 Å². The first-order valence-corrected chi connectivity index (χ1v) is 10.7. The number of furan rings is 1. The lowest BCUT2D eigenvalue weighted by molar-refractivity contribution is -0.136. The molecule has 11 heteroatoms. The summed E-state index contributed by atoms with van der Waals surface area (Å²) in [5, 5.41) is 11.3. The molecule has 4 amide bonds. The van der Waals surface area contributed by atoms with Gasteiger partial charge in [-0.2, -0.15) is 5.10 Å². The maximum Gasteiger partial charge on any atom is 0.329 e. The number of hydrogen-bond donors (Lipinski definition) is 4. The van der Waals surface area contributed by atoms with Gasteiger partial charge in [-0.1, -0.05) is 29.8 Å². The van der Waals surface area contributed by atoms with Crippen molar-refractivity contribution in [3.8, 4) is 0 Å². The first kappa shape index (κ1) is 25.2. The zero-order valence-electron chi connectivity index (χ0n) is 18.8. The number of anilines is 2. The fraction of sp³-hybridized carbons (Fsp3) is 0.125. The van der Waals surface area contributed by atoms with Gasteiger partial charge in [0.2, 0.25) is 0 Å². The highest BCUT2D eigenvalue weighted by Gasteiger charge is 2.15. The monoisotopic (exact) mass is 495 g/mol. The third kappa shape index (κ3) is 7.27. The molecule has 0 fully saturated rings. The zero-order valence-corrected chi connectivity index (χ0v) is 19.6. The van der Waals surface area contributed by atoms with Gasteiger partial charge in [-0.05, 0) is 61.4 Å². The molecule has 0 aliphatic rings. The van der Waals surface area contributed by atoms with E-state index in [1.165, 1.54) is 12.3 Å². The van der Waals surface area contributed by atoms with E-state index in [4.69, 9.17) is 16.0 Å². The van der Waals surface area contributed by atoms with Crippen LogP contribution in [0.4, 0.5) is 11.4 Å². The van der Waals surface area contributed by atoms with E-state index < -0.39 is 23.6 Å². The highest BCUT2D eigenvalue weighted by Crippen LogP contribution is 2.20. The van der Waals surface area contributed by atoms with Crippen molar-refractivity contribution in [1.82, 2.24) is 10.7 Å². The van der Waals surface area contributed by atoms with Crippen molar-refractivity contribution in [2.45, 2.75) is 20.4 Å². The van der Waals surface area contributed by atoms with Gasteiger partial charge in [-0.25, -0.2) is 5.43 Å². The molecule has 3 rings (SSSR count). The molecule has 180 valence electrons. The number of halogens is 1. The van der Waals surface area contributed by atoms with Crippen LogP contribution in [0.5, 0.6) is 0 Å². The molecule has 35 heavy (non-hydrogen) atoms. The summed E-state index contributed by atoms with van der Waals surface area (Å²) in [6.07, 6.45) is 1.18. The van der Waals surface area contributed by atoms with Crippen LogP contribution in [0.2, 0.25) is 5.02 Å². The number of para-hydroxylation sites is 1. The summed E-state index contributed by atoms with van der Waals surface area (Å²) < 4.78 is 5.45. The first-order valence-electron chi connectivity index (χ1n) is 10.4. The van der Waals surface area contributed by atoms with Gasteiger partial charge in [0.25, 0.3) is 0 Å². The second kappa shape index (κ2) is 11.6. The first-order chi connectivity index (χ1) is 16.7. The van der Waals surface area contributed by atoms with Crippen molar-refractivity contribution < 1.29 is 23.6 Å². The van der Waals surface area contributed by atoms with Crippen LogP contribution in [0.3, 0.4) is 0 Å². The smallest absolute Gasteiger partial charge is 0.329 e. The maximum absolute atomic E-state index is 12.1. The number of aryl methyl sites for hydroxylation is 2. The maximum atomic E-state index is 12.1. The van der Waals surface area contributed by atoms with E-state index in [0.29, 0.717) is 17.1 Å². The van der Waals surface area contributed by atoms with Crippen LogP contribution in [0.25, 0.3) is 0 Å². The van der Waals surface area contributed by atoms with E-state index >= 15 is 0 Å². The Hall–Kier alpha value is -4.44. The SMILES string of the molecule is Cc1ccc(NC(=O)C(=O)NCc2ccc(/C=N/NC(=O)C(=O)Nc3ccccc3Cl)o2)cc1C. The van der Waals surface area contributed by atoms with E-state index in [-0.39, 0.29) is 17.3 Å². The van der Waals surface area contributed by atoms with E-state index in [1.807, 2.05) is 19.9 Å². The fourth-order valence-corrected chi connectivity index (χ4v) is 2.94. The molecule has 0 aliphatic carbocycles. The molecule has 0 bridgehead atoms. The molecule has 2 aromatic carbocycles. The Labute approximate surface area is 205 Å². The number of carbonyl (C=O) groups excluding carboxylic acids is 4. The van der Waals surface area contributed by atoms with Crippen molar-refractivity contribution in [2.24, 2.45) is 5.10 Å². The summed E-state index contributed by atoms with van der Waals surface area (Å²) in [6, 6.07) is 14.9. The van der Waals surface area contributed by atoms with E-state index in [9.17, 15) is 19.2 Å². The minimum absolute atomic E-state index is 0.0420. The number of nitrogens with one attached hydrogen (secondary N) is 4. The van der Waals surface area contributed by atoms with Crippen molar-refractivity contribution >= 4 is 52.8 Å². The van der Waals surface area contributed by atoms with E-state index in [0.717, 1.165) is 11.1 Å². The summed E-state index contributed by atoms with van der Waals surface area (Å²) in [7, 11) is 0. The van der Waals surface area contributed by atoms with E-state index in [1.54, 1.807) is 42.5 Å². The van der Waals surface area contributed by atoms with Crippen LogP contribution < -0.4 is 21.4 Å². The van der Waals surface area contributed by atoms with Gasteiger partial charge in [-0.15, -0.1) is 0 Å². The number of hydrogen-bond acceptors (Lipinski definition) is 6. The van der Waals surface area contributed by atoms with Crippen LogP contribution in [0, 0.1) is 13.8 Å². The van der Waals surface area contributed by atoms with Crippen LogP contribution in [-0.2, 0) is 25.7 Å². The molecule has 10 nitrogen and oxygen atoms in total. The molecule has 1 aromatic heterocycles. The molecule has 0 atom stereocenters. The molecule has 0 saturated heterocycles. The summed E-state index contributed by atoms with van der Waals surface area (Å²) in [5.74, 6) is -2.99. The molecule has 1 heterocycles. The number of amides is 4.